The van der Waals surface area contributed by atoms with E-state index in [1.165, 1.54) is 26.0 Å². The van der Waals surface area contributed by atoms with Crippen LogP contribution in [0, 0.1) is 12.7 Å². The van der Waals surface area contributed by atoms with Crippen molar-refractivity contribution in [1.29, 1.82) is 0 Å². The number of carbonyl (C=O) groups excluding carboxylic acids is 1. The van der Waals surface area contributed by atoms with Gasteiger partial charge in [-0.3, -0.25) is 4.79 Å². The molecule has 0 aliphatic heterocycles. The molecule has 0 saturated carbocycles. The number of carboxylic acids is 1. The van der Waals surface area contributed by atoms with Crippen molar-refractivity contribution in [2.45, 2.75) is 20.8 Å². The second kappa shape index (κ2) is 5.44. The summed E-state index contributed by atoms with van der Waals surface area (Å²) in [7, 11) is 0. The number of carbonyl (C=O) groups is 2. The minimum Gasteiger partial charge on any atom is -0.478 e. The molecule has 4 nitrogen and oxygen atoms in total. The van der Waals surface area contributed by atoms with Crippen LogP contribution in [0.15, 0.2) is 29.3 Å². The molecule has 18 heavy (non-hydrogen) atoms. The Hall–Kier alpha value is -2.17. The molecule has 0 fully saturated rings. The van der Waals surface area contributed by atoms with Gasteiger partial charge in [0, 0.05) is 11.1 Å². The molecule has 1 aromatic rings. The van der Waals surface area contributed by atoms with E-state index < -0.39 is 17.7 Å². The van der Waals surface area contributed by atoms with Gasteiger partial charge in [0.25, 0.3) is 5.91 Å². The molecular formula is C13H14FNO3. The van der Waals surface area contributed by atoms with Crippen LogP contribution in [-0.2, 0) is 9.59 Å². The molecule has 1 rings (SSSR count). The molecule has 0 saturated heterocycles. The summed E-state index contributed by atoms with van der Waals surface area (Å²) in [6, 6.07) is 4.31. The lowest BCUT2D eigenvalue weighted by Gasteiger charge is -2.08. The lowest BCUT2D eigenvalue weighted by Crippen LogP contribution is -2.17. The van der Waals surface area contributed by atoms with E-state index in [1.54, 1.807) is 13.0 Å². The van der Waals surface area contributed by atoms with E-state index in [0.717, 1.165) is 5.56 Å². The zero-order valence-corrected chi connectivity index (χ0v) is 10.4. The molecule has 0 heterocycles. The van der Waals surface area contributed by atoms with Crippen molar-refractivity contribution in [3.63, 3.8) is 0 Å². The minimum atomic E-state index is -1.17. The van der Waals surface area contributed by atoms with Gasteiger partial charge in [0.05, 0.1) is 5.69 Å². The lowest BCUT2D eigenvalue weighted by molar-refractivity contribution is -0.133. The third kappa shape index (κ3) is 3.16. The number of anilines is 1. The first kappa shape index (κ1) is 13.9. The first-order chi connectivity index (χ1) is 8.32. The molecule has 0 bridgehead atoms. The Kier molecular flexibility index (Phi) is 4.20. The van der Waals surface area contributed by atoms with Gasteiger partial charge >= 0.3 is 5.97 Å². The number of halogens is 1. The Labute approximate surface area is 104 Å². The molecule has 0 spiro atoms. The van der Waals surface area contributed by atoms with Crippen LogP contribution < -0.4 is 5.32 Å². The van der Waals surface area contributed by atoms with E-state index in [4.69, 9.17) is 5.11 Å². The van der Waals surface area contributed by atoms with Gasteiger partial charge in [-0.25, -0.2) is 9.18 Å². The van der Waals surface area contributed by atoms with Crippen LogP contribution in [0.3, 0.4) is 0 Å². The average Bonchev–Trinajstić information content (AvgIpc) is 2.31. The van der Waals surface area contributed by atoms with Gasteiger partial charge in [0.2, 0.25) is 0 Å². The molecule has 0 unspecified atom stereocenters. The van der Waals surface area contributed by atoms with Crippen LogP contribution >= 0.6 is 0 Å². The van der Waals surface area contributed by atoms with Gasteiger partial charge in [-0.05, 0) is 38.5 Å². The van der Waals surface area contributed by atoms with Crippen LogP contribution in [-0.4, -0.2) is 17.0 Å². The number of amides is 1. The summed E-state index contributed by atoms with van der Waals surface area (Å²) in [5, 5.41) is 11.1. The SMILES string of the molecule is C/C(C(=O)O)=C(\C)C(=O)Nc1cc(C)ccc1F. The lowest BCUT2D eigenvalue weighted by atomic mass is 10.1. The van der Waals surface area contributed by atoms with Crippen molar-refractivity contribution in [2.75, 3.05) is 5.32 Å². The molecule has 5 heteroatoms. The van der Waals surface area contributed by atoms with Crippen molar-refractivity contribution in [3.8, 4) is 0 Å². The average molecular weight is 251 g/mol. The molecule has 96 valence electrons. The van der Waals surface area contributed by atoms with Crippen molar-refractivity contribution in [2.24, 2.45) is 0 Å². The maximum atomic E-state index is 13.4. The second-order valence-corrected chi connectivity index (χ2v) is 3.99. The number of hydrogen-bond donors (Lipinski definition) is 2. The number of nitrogens with one attached hydrogen (secondary N) is 1. The first-order valence-electron chi connectivity index (χ1n) is 5.31. The Morgan fingerprint density at radius 1 is 1.22 bits per heavy atom. The zero-order chi connectivity index (χ0) is 13.9. The van der Waals surface area contributed by atoms with E-state index in [9.17, 15) is 14.0 Å². The summed E-state index contributed by atoms with van der Waals surface area (Å²) in [6.07, 6.45) is 0. The van der Waals surface area contributed by atoms with E-state index in [2.05, 4.69) is 5.32 Å². The maximum Gasteiger partial charge on any atom is 0.331 e. The molecule has 1 amide bonds. The number of benzene rings is 1. The highest BCUT2D eigenvalue weighted by Gasteiger charge is 2.14. The van der Waals surface area contributed by atoms with Gasteiger partial charge in [0.1, 0.15) is 5.82 Å². The van der Waals surface area contributed by atoms with Gasteiger partial charge in [-0.1, -0.05) is 6.07 Å². The van der Waals surface area contributed by atoms with Crippen molar-refractivity contribution in [3.05, 3.63) is 40.7 Å². The van der Waals surface area contributed by atoms with E-state index in [0.29, 0.717) is 0 Å². The molecule has 0 aliphatic carbocycles. The van der Waals surface area contributed by atoms with Crippen LogP contribution in [0.4, 0.5) is 10.1 Å². The highest BCUT2D eigenvalue weighted by atomic mass is 19.1. The van der Waals surface area contributed by atoms with Gasteiger partial charge in [-0.15, -0.1) is 0 Å². The normalized spacial score (nSPS) is 11.8. The topological polar surface area (TPSA) is 66.4 Å². The summed E-state index contributed by atoms with van der Waals surface area (Å²) in [5.74, 6) is -2.36. The number of aliphatic carboxylic acids is 1. The second-order valence-electron chi connectivity index (χ2n) is 3.99. The summed E-state index contributed by atoms with van der Waals surface area (Å²) >= 11 is 0. The number of rotatable bonds is 3. The Balaban J connectivity index is 2.98. The molecule has 2 N–H and O–H groups in total. The molecule has 1 aromatic carbocycles. The number of aryl methyl sites for hydroxylation is 1. The van der Waals surface area contributed by atoms with Crippen LogP contribution in [0.2, 0.25) is 0 Å². The standard InChI is InChI=1S/C13H14FNO3/c1-7-4-5-10(14)11(6-7)15-12(16)8(2)9(3)13(17)18/h4-6H,1-3H3,(H,15,16)(H,17,18)/b9-8-. The maximum absolute atomic E-state index is 13.4. The number of hydrogen-bond acceptors (Lipinski definition) is 2. The summed E-state index contributed by atoms with van der Waals surface area (Å²) in [6.45, 7) is 4.47. The third-order valence-corrected chi connectivity index (χ3v) is 2.59. The highest BCUT2D eigenvalue weighted by Crippen LogP contribution is 2.17. The van der Waals surface area contributed by atoms with E-state index in [1.807, 2.05) is 0 Å². The highest BCUT2D eigenvalue weighted by molar-refractivity contribution is 6.08. The smallest absolute Gasteiger partial charge is 0.331 e. The summed E-state index contributed by atoms with van der Waals surface area (Å²) in [4.78, 5) is 22.4. The van der Waals surface area contributed by atoms with Crippen LogP contribution in [0.1, 0.15) is 19.4 Å². The van der Waals surface area contributed by atoms with Crippen molar-refractivity contribution >= 4 is 17.6 Å². The molecule has 0 aliphatic rings. The predicted molar refractivity (Wildman–Crippen MR) is 65.8 cm³/mol. The zero-order valence-electron chi connectivity index (χ0n) is 10.4. The summed E-state index contributed by atoms with van der Waals surface area (Å²) in [5.41, 5.74) is 0.810. The fourth-order valence-corrected chi connectivity index (χ4v) is 1.28. The van der Waals surface area contributed by atoms with Gasteiger partial charge < -0.3 is 10.4 Å². The summed E-state index contributed by atoms with van der Waals surface area (Å²) < 4.78 is 13.4. The largest absolute Gasteiger partial charge is 0.478 e. The fraction of sp³-hybridized carbons (Fsp3) is 0.231. The van der Waals surface area contributed by atoms with Crippen molar-refractivity contribution < 1.29 is 19.1 Å². The van der Waals surface area contributed by atoms with E-state index >= 15 is 0 Å². The van der Waals surface area contributed by atoms with Crippen LogP contribution in [0.25, 0.3) is 0 Å². The molecule has 0 radical (unpaired) electrons. The predicted octanol–water partition coefficient (Wildman–Crippen LogP) is 2.49. The van der Waals surface area contributed by atoms with Crippen LogP contribution in [0.5, 0.6) is 0 Å². The minimum absolute atomic E-state index is 0.0394. The Morgan fingerprint density at radius 3 is 2.39 bits per heavy atom. The van der Waals surface area contributed by atoms with Gasteiger partial charge in [-0.2, -0.15) is 0 Å². The van der Waals surface area contributed by atoms with E-state index in [-0.39, 0.29) is 16.8 Å². The molecular weight excluding hydrogens is 237 g/mol. The Morgan fingerprint density at radius 2 is 1.83 bits per heavy atom. The molecule has 0 atom stereocenters. The fourth-order valence-electron chi connectivity index (χ4n) is 1.28. The van der Waals surface area contributed by atoms with Crippen molar-refractivity contribution in [1.82, 2.24) is 0 Å². The Bertz CT molecular complexity index is 535. The third-order valence-electron chi connectivity index (χ3n) is 2.59. The quantitative estimate of drug-likeness (QED) is 0.811. The monoisotopic (exact) mass is 251 g/mol. The van der Waals surface area contributed by atoms with Gasteiger partial charge in [0.15, 0.2) is 0 Å². The first-order valence-corrected chi connectivity index (χ1v) is 5.31. The number of carboxylic acid groups (broad SMARTS) is 1. The molecule has 0 aromatic heterocycles.